The van der Waals surface area contributed by atoms with E-state index in [0.717, 1.165) is 0 Å². The molecule has 2 rings (SSSR count). The number of aromatic hydroxyl groups is 1. The van der Waals surface area contributed by atoms with E-state index in [-0.39, 0.29) is 11.3 Å². The van der Waals surface area contributed by atoms with Gasteiger partial charge in [-0.15, -0.1) is 0 Å². The van der Waals surface area contributed by atoms with Crippen LogP contribution in [0, 0.1) is 0 Å². The number of nitrogen functional groups attached to an aromatic ring is 1. The molecule has 0 fully saturated rings. The van der Waals surface area contributed by atoms with Gasteiger partial charge in [-0.25, -0.2) is 4.79 Å². The van der Waals surface area contributed by atoms with Crippen molar-refractivity contribution in [2.75, 3.05) is 20.0 Å². The number of phenols is 1. The summed E-state index contributed by atoms with van der Waals surface area (Å²) in [5.41, 5.74) is 6.87. The number of ether oxygens (including phenoxy) is 2. The fraction of sp³-hybridized carbons (Fsp3) is 0.167. The Balaban J connectivity index is 2.65. The first-order chi connectivity index (χ1) is 9.08. The first-order valence-corrected chi connectivity index (χ1v) is 5.37. The lowest BCUT2D eigenvalue weighted by atomic mass is 10.0. The van der Waals surface area contributed by atoms with Gasteiger partial charge < -0.3 is 20.3 Å². The van der Waals surface area contributed by atoms with Gasteiger partial charge in [-0.05, 0) is 6.07 Å². The molecule has 0 atom stereocenters. The molecule has 0 radical (unpaired) electrons. The number of rotatable bonds is 3. The van der Waals surface area contributed by atoms with Gasteiger partial charge in [0.2, 0.25) is 0 Å². The lowest BCUT2D eigenvalue weighted by Gasteiger charge is -2.11. The fourth-order valence-corrected chi connectivity index (χ4v) is 1.73. The zero-order valence-corrected chi connectivity index (χ0v) is 10.4. The monoisotopic (exact) mass is 263 g/mol. The van der Waals surface area contributed by atoms with Crippen molar-refractivity contribution in [2.45, 2.75) is 0 Å². The largest absolute Gasteiger partial charge is 0.507 e. The van der Waals surface area contributed by atoms with E-state index in [9.17, 15) is 9.90 Å². The average molecular weight is 263 g/mol. The van der Waals surface area contributed by atoms with E-state index in [1.165, 1.54) is 32.5 Å². The minimum Gasteiger partial charge on any atom is -0.507 e. The zero-order chi connectivity index (χ0) is 14.0. The van der Waals surface area contributed by atoms with Crippen LogP contribution in [0.1, 0.15) is 10.4 Å². The molecule has 19 heavy (non-hydrogen) atoms. The van der Waals surface area contributed by atoms with Crippen LogP contribution in [0.5, 0.6) is 11.5 Å². The van der Waals surface area contributed by atoms with E-state index in [1.54, 1.807) is 0 Å². The third kappa shape index (κ3) is 2.17. The minimum absolute atomic E-state index is 0.0268. The van der Waals surface area contributed by atoms with Gasteiger partial charge in [-0.3, -0.25) is 5.10 Å². The highest BCUT2D eigenvalue weighted by atomic mass is 16.5. The molecule has 0 saturated carbocycles. The molecule has 0 aliphatic rings. The number of anilines is 1. The quantitative estimate of drug-likeness (QED) is 0.717. The van der Waals surface area contributed by atoms with Gasteiger partial charge in [0.05, 0.1) is 20.4 Å². The highest BCUT2D eigenvalue weighted by Gasteiger charge is 2.19. The Morgan fingerprint density at radius 1 is 1.37 bits per heavy atom. The SMILES string of the molecule is COC(=O)c1cc(-c2cn[nH]c2N)c(OC)cc1O. The smallest absolute Gasteiger partial charge is 0.341 e. The standard InChI is InChI=1S/C12H13N3O4/c1-18-10-4-9(16)7(12(17)19-2)3-6(10)8-5-14-15-11(8)13/h3-5,16H,1-2H3,(H3,13,14,15). The van der Waals surface area contributed by atoms with E-state index in [2.05, 4.69) is 14.9 Å². The third-order valence-electron chi connectivity index (χ3n) is 2.68. The molecular formula is C12H13N3O4. The number of nitrogens with one attached hydrogen (secondary N) is 1. The van der Waals surface area contributed by atoms with Crippen molar-refractivity contribution >= 4 is 11.8 Å². The average Bonchev–Trinajstić information content (AvgIpc) is 2.83. The summed E-state index contributed by atoms with van der Waals surface area (Å²) < 4.78 is 9.76. The highest BCUT2D eigenvalue weighted by molar-refractivity contribution is 5.95. The maximum Gasteiger partial charge on any atom is 0.341 e. The lowest BCUT2D eigenvalue weighted by molar-refractivity contribution is 0.0597. The molecule has 7 heteroatoms. The summed E-state index contributed by atoms with van der Waals surface area (Å²) in [7, 11) is 2.68. The third-order valence-corrected chi connectivity index (χ3v) is 2.68. The second-order valence-electron chi connectivity index (χ2n) is 3.76. The predicted molar refractivity (Wildman–Crippen MR) is 68.0 cm³/mol. The van der Waals surface area contributed by atoms with E-state index >= 15 is 0 Å². The molecule has 2 aromatic rings. The number of carbonyl (C=O) groups is 1. The summed E-state index contributed by atoms with van der Waals surface area (Å²) in [5, 5.41) is 16.2. The minimum atomic E-state index is -0.650. The van der Waals surface area contributed by atoms with Crippen molar-refractivity contribution in [1.29, 1.82) is 0 Å². The topological polar surface area (TPSA) is 110 Å². The molecule has 0 saturated heterocycles. The molecule has 0 spiro atoms. The lowest BCUT2D eigenvalue weighted by Crippen LogP contribution is -2.03. The van der Waals surface area contributed by atoms with Crippen molar-refractivity contribution in [3.05, 3.63) is 23.9 Å². The van der Waals surface area contributed by atoms with E-state index in [0.29, 0.717) is 22.7 Å². The van der Waals surface area contributed by atoms with Crippen LogP contribution in [0.15, 0.2) is 18.3 Å². The molecular weight excluding hydrogens is 250 g/mol. The van der Waals surface area contributed by atoms with Crippen LogP contribution >= 0.6 is 0 Å². The van der Waals surface area contributed by atoms with Gasteiger partial charge in [0, 0.05) is 17.2 Å². The van der Waals surface area contributed by atoms with Crippen LogP contribution in [0.3, 0.4) is 0 Å². The Morgan fingerprint density at radius 2 is 2.11 bits per heavy atom. The number of H-pyrrole nitrogens is 1. The molecule has 0 unspecified atom stereocenters. The number of esters is 1. The van der Waals surface area contributed by atoms with E-state index < -0.39 is 5.97 Å². The predicted octanol–water partition coefficient (Wildman–Crippen LogP) is 1.16. The summed E-state index contributed by atoms with van der Waals surface area (Å²) in [6, 6.07) is 2.77. The molecule has 0 amide bonds. The van der Waals surface area contributed by atoms with Crippen molar-refractivity contribution in [3.8, 4) is 22.6 Å². The molecule has 0 bridgehead atoms. The highest BCUT2D eigenvalue weighted by Crippen LogP contribution is 2.37. The van der Waals surface area contributed by atoms with E-state index in [4.69, 9.17) is 10.5 Å². The number of benzene rings is 1. The molecule has 7 nitrogen and oxygen atoms in total. The van der Waals surface area contributed by atoms with Gasteiger partial charge in [-0.2, -0.15) is 5.10 Å². The summed E-state index contributed by atoms with van der Waals surface area (Å²) >= 11 is 0. The van der Waals surface area contributed by atoms with Gasteiger partial charge in [0.1, 0.15) is 22.9 Å². The van der Waals surface area contributed by atoms with Crippen LogP contribution in [0.2, 0.25) is 0 Å². The summed E-state index contributed by atoms with van der Waals surface area (Å²) in [6.45, 7) is 0. The number of hydrogen-bond donors (Lipinski definition) is 3. The molecule has 1 aromatic carbocycles. The normalized spacial score (nSPS) is 10.2. The van der Waals surface area contributed by atoms with Gasteiger partial charge >= 0.3 is 5.97 Å². The molecule has 0 aliphatic heterocycles. The number of aromatic nitrogens is 2. The van der Waals surface area contributed by atoms with Crippen LogP contribution in [0.4, 0.5) is 5.82 Å². The molecule has 1 aromatic heterocycles. The zero-order valence-electron chi connectivity index (χ0n) is 10.4. The number of nitrogens with zero attached hydrogens (tertiary/aromatic N) is 1. The Hall–Kier alpha value is -2.70. The van der Waals surface area contributed by atoms with Crippen LogP contribution in [-0.2, 0) is 4.74 Å². The number of phenolic OH excluding ortho intramolecular Hbond substituents is 1. The summed E-state index contributed by atoms with van der Waals surface area (Å²) in [4.78, 5) is 11.6. The molecule has 0 aliphatic carbocycles. The molecule has 1 heterocycles. The van der Waals surface area contributed by atoms with Crippen molar-refractivity contribution < 1.29 is 19.4 Å². The summed E-state index contributed by atoms with van der Waals surface area (Å²) in [5.74, 6) is -0.170. The number of methoxy groups -OCH3 is 2. The first kappa shape index (κ1) is 12.7. The summed E-state index contributed by atoms with van der Waals surface area (Å²) in [6.07, 6.45) is 1.51. The second-order valence-corrected chi connectivity index (χ2v) is 3.76. The first-order valence-electron chi connectivity index (χ1n) is 5.37. The Labute approximate surface area is 109 Å². The van der Waals surface area contributed by atoms with Gasteiger partial charge in [-0.1, -0.05) is 0 Å². The Bertz CT molecular complexity index is 621. The van der Waals surface area contributed by atoms with Crippen molar-refractivity contribution in [3.63, 3.8) is 0 Å². The fourth-order valence-electron chi connectivity index (χ4n) is 1.73. The number of nitrogens with two attached hydrogens (primary N) is 1. The maximum atomic E-state index is 11.6. The Kier molecular flexibility index (Phi) is 3.28. The van der Waals surface area contributed by atoms with Gasteiger partial charge in [0.25, 0.3) is 0 Å². The Morgan fingerprint density at radius 3 is 2.63 bits per heavy atom. The molecule has 4 N–H and O–H groups in total. The van der Waals surface area contributed by atoms with Crippen molar-refractivity contribution in [2.24, 2.45) is 0 Å². The van der Waals surface area contributed by atoms with Crippen molar-refractivity contribution in [1.82, 2.24) is 10.2 Å². The second kappa shape index (κ2) is 4.89. The maximum absolute atomic E-state index is 11.6. The number of hydrogen-bond acceptors (Lipinski definition) is 6. The van der Waals surface area contributed by atoms with Gasteiger partial charge in [0.15, 0.2) is 0 Å². The number of carbonyl (C=O) groups excluding carboxylic acids is 1. The van der Waals surface area contributed by atoms with Crippen LogP contribution in [0.25, 0.3) is 11.1 Å². The van der Waals surface area contributed by atoms with Crippen LogP contribution < -0.4 is 10.5 Å². The van der Waals surface area contributed by atoms with E-state index in [1.807, 2.05) is 0 Å². The molecule has 100 valence electrons. The number of aromatic amines is 1. The van der Waals surface area contributed by atoms with Crippen LogP contribution in [-0.4, -0.2) is 35.5 Å².